The summed E-state index contributed by atoms with van der Waals surface area (Å²) in [5.41, 5.74) is 6.91. The van der Waals surface area contributed by atoms with Gasteiger partial charge < -0.3 is 14.4 Å². The van der Waals surface area contributed by atoms with Crippen LogP contribution in [0.3, 0.4) is 0 Å². The summed E-state index contributed by atoms with van der Waals surface area (Å²) in [5.74, 6) is 0.0761. The Hall–Kier alpha value is -4.73. The van der Waals surface area contributed by atoms with Gasteiger partial charge in [0, 0.05) is 64.9 Å². The number of benzene rings is 5. The predicted molar refractivity (Wildman–Crippen MR) is 208 cm³/mol. The zero-order valence-corrected chi connectivity index (χ0v) is 30.8. The highest BCUT2D eigenvalue weighted by atomic mass is 31.2. The van der Waals surface area contributed by atoms with Gasteiger partial charge in [0.05, 0.1) is 0 Å². The van der Waals surface area contributed by atoms with E-state index in [2.05, 4.69) is 37.5 Å². The van der Waals surface area contributed by atoms with Crippen molar-refractivity contribution in [2.24, 2.45) is 0 Å². The highest BCUT2D eigenvalue weighted by molar-refractivity contribution is 7.93. The molecule has 0 aromatic heterocycles. The molecule has 5 nitrogen and oxygen atoms in total. The predicted octanol–water partition coefficient (Wildman–Crippen LogP) is 9.38. The maximum atomic E-state index is 14.2. The summed E-state index contributed by atoms with van der Waals surface area (Å²) < 4.78 is 14.2. The molecule has 254 valence electrons. The number of rotatable bonds is 12. The Morgan fingerprint density at radius 3 is 1.20 bits per heavy atom. The highest BCUT2D eigenvalue weighted by Gasteiger charge is 2.37. The van der Waals surface area contributed by atoms with E-state index in [4.69, 9.17) is 0 Å². The second-order valence-electron chi connectivity index (χ2n) is 12.1. The van der Waals surface area contributed by atoms with Crippen LogP contribution in [0.2, 0.25) is 0 Å². The number of ketones is 1. The van der Waals surface area contributed by atoms with Crippen LogP contribution in [0.4, 0.5) is 11.4 Å². The quantitative estimate of drug-likeness (QED) is 0.0977. The Kier molecular flexibility index (Phi) is 12.9. The van der Waals surface area contributed by atoms with Crippen molar-refractivity contribution in [3.8, 4) is 0 Å². The molecule has 0 aliphatic rings. The molecule has 5 aromatic carbocycles. The normalized spacial score (nSPS) is 10.9. The molecule has 0 heterocycles. The van der Waals surface area contributed by atoms with Crippen molar-refractivity contribution < 1.29 is 14.2 Å². The van der Waals surface area contributed by atoms with E-state index < -0.39 is 7.14 Å². The lowest BCUT2D eigenvalue weighted by Gasteiger charge is -2.21. The number of carbonyl (C=O) groups is 2. The molecule has 6 heteroatoms. The molecule has 0 saturated carbocycles. The summed E-state index contributed by atoms with van der Waals surface area (Å²) in [4.78, 5) is 30.8. The van der Waals surface area contributed by atoms with E-state index in [0.29, 0.717) is 16.2 Å². The minimum atomic E-state index is -3.44. The van der Waals surface area contributed by atoms with E-state index in [1.807, 2.05) is 118 Å². The Balaban J connectivity index is 0.000000221. The maximum Gasteiger partial charge on any atom is 0.230 e. The number of anilines is 2. The van der Waals surface area contributed by atoms with Crippen molar-refractivity contribution in [1.29, 1.82) is 0 Å². The number of nitrogens with zero attached hydrogens (tertiary/aromatic N) is 2. The van der Waals surface area contributed by atoms with Crippen molar-refractivity contribution in [3.63, 3.8) is 0 Å². The summed E-state index contributed by atoms with van der Waals surface area (Å²) >= 11 is 0. The second kappa shape index (κ2) is 17.1. The zero-order valence-electron chi connectivity index (χ0n) is 29.9. The summed E-state index contributed by atoms with van der Waals surface area (Å²) in [6.45, 7) is 18.3. The summed E-state index contributed by atoms with van der Waals surface area (Å²) in [5, 5.41) is 1.15. The Bertz CT molecular complexity index is 1750. The minimum absolute atomic E-state index is 0.0761. The fraction of sp³-hybridized carbons (Fsp3) is 0.256. The Labute approximate surface area is 293 Å². The van der Waals surface area contributed by atoms with Gasteiger partial charge in [-0.3, -0.25) is 9.59 Å². The van der Waals surface area contributed by atoms with Gasteiger partial charge in [0.15, 0.2) is 5.78 Å². The van der Waals surface area contributed by atoms with Gasteiger partial charge in [0.2, 0.25) is 12.7 Å². The van der Waals surface area contributed by atoms with Gasteiger partial charge in [-0.1, -0.05) is 78.4 Å². The van der Waals surface area contributed by atoms with Crippen LogP contribution in [0.1, 0.15) is 70.7 Å². The number of hydrogen-bond donors (Lipinski definition) is 0. The molecule has 0 aliphatic heterocycles. The van der Waals surface area contributed by atoms with Crippen molar-refractivity contribution in [1.82, 2.24) is 0 Å². The molecule has 0 aliphatic carbocycles. The minimum Gasteiger partial charge on any atom is -0.372 e. The van der Waals surface area contributed by atoms with E-state index in [1.165, 1.54) is 0 Å². The summed E-state index contributed by atoms with van der Waals surface area (Å²) in [6, 6.07) is 37.9. The van der Waals surface area contributed by atoms with Gasteiger partial charge in [0.25, 0.3) is 0 Å². The molecule has 0 spiro atoms. The van der Waals surface area contributed by atoms with Gasteiger partial charge in [-0.05, 0) is 108 Å². The average molecular weight is 673 g/mol. The molecule has 5 rings (SSSR count). The van der Waals surface area contributed by atoms with E-state index in [0.717, 1.165) is 65.4 Å². The molecular formula is C43H49N2O3P. The Morgan fingerprint density at radius 1 is 0.531 bits per heavy atom. The first-order chi connectivity index (χ1) is 23.6. The number of aryl methyl sites for hydroxylation is 3. The lowest BCUT2D eigenvalue weighted by molar-refractivity contribution is 0.103. The van der Waals surface area contributed by atoms with Crippen LogP contribution < -0.4 is 20.4 Å². The van der Waals surface area contributed by atoms with Crippen LogP contribution in [-0.2, 0) is 4.57 Å². The monoisotopic (exact) mass is 672 g/mol. The third kappa shape index (κ3) is 8.47. The van der Waals surface area contributed by atoms with Crippen molar-refractivity contribution >= 4 is 40.4 Å². The fourth-order valence-corrected chi connectivity index (χ4v) is 8.94. The molecule has 49 heavy (non-hydrogen) atoms. The first kappa shape index (κ1) is 37.1. The molecule has 0 atom stereocenters. The standard InChI is InChI=1S/C22H21O2P.C21H28N2O/c1-16-14-17(2)21(18(3)15-16)22(23)25(24,19-10-6-4-7-11-19)20-12-8-5-9-13-20;1-5-22(6-2)19-13-9-17(10-14-19)21(24)18-11-15-20(16-12-18)23(7-3)8-4/h4-15H,1-3H3;9-16H,5-8H2,1-4H3. The fourth-order valence-electron chi connectivity index (χ4n) is 6.33. The Morgan fingerprint density at radius 2 is 0.878 bits per heavy atom. The van der Waals surface area contributed by atoms with Crippen molar-refractivity contribution in [2.75, 3.05) is 36.0 Å². The largest absolute Gasteiger partial charge is 0.372 e. The van der Waals surface area contributed by atoms with Crippen LogP contribution in [0.15, 0.2) is 121 Å². The molecule has 0 radical (unpaired) electrons. The van der Waals surface area contributed by atoms with Crippen LogP contribution in [0.25, 0.3) is 0 Å². The van der Waals surface area contributed by atoms with E-state index in [-0.39, 0.29) is 11.3 Å². The van der Waals surface area contributed by atoms with E-state index in [1.54, 1.807) is 24.3 Å². The first-order valence-corrected chi connectivity index (χ1v) is 18.9. The molecule has 0 bridgehead atoms. The summed E-state index contributed by atoms with van der Waals surface area (Å²) in [7, 11) is -3.44. The number of hydrogen-bond acceptors (Lipinski definition) is 5. The molecule has 0 N–H and O–H groups in total. The SMILES string of the molecule is CCN(CC)c1ccc(C(=O)c2ccc(N(CC)CC)cc2)cc1.Cc1cc(C)c(C(=O)P(=O)(c2ccccc2)c2ccccc2)c(C)c1. The first-order valence-electron chi connectivity index (χ1n) is 17.2. The smallest absolute Gasteiger partial charge is 0.230 e. The molecule has 0 amide bonds. The highest BCUT2D eigenvalue weighted by Crippen LogP contribution is 2.48. The summed E-state index contributed by atoms with van der Waals surface area (Å²) in [6.07, 6.45) is 0. The lowest BCUT2D eigenvalue weighted by Crippen LogP contribution is -2.23. The van der Waals surface area contributed by atoms with Gasteiger partial charge in [-0.2, -0.15) is 0 Å². The van der Waals surface area contributed by atoms with Crippen LogP contribution >= 0.6 is 7.14 Å². The van der Waals surface area contributed by atoms with Crippen LogP contribution in [0.5, 0.6) is 0 Å². The molecule has 5 aromatic rings. The lowest BCUT2D eigenvalue weighted by atomic mass is 10.0. The molecular weight excluding hydrogens is 623 g/mol. The zero-order chi connectivity index (χ0) is 35.6. The second-order valence-corrected chi connectivity index (χ2v) is 14.8. The van der Waals surface area contributed by atoms with Crippen molar-refractivity contribution in [3.05, 3.63) is 155 Å². The molecule has 0 unspecified atom stereocenters. The number of carbonyl (C=O) groups excluding carboxylic acids is 2. The van der Waals surface area contributed by atoms with Gasteiger partial charge in [-0.25, -0.2) is 0 Å². The average Bonchev–Trinajstić information content (AvgIpc) is 3.13. The van der Waals surface area contributed by atoms with Crippen molar-refractivity contribution in [2.45, 2.75) is 48.5 Å². The van der Waals surface area contributed by atoms with E-state index >= 15 is 0 Å². The maximum absolute atomic E-state index is 14.2. The van der Waals surface area contributed by atoms with Crippen LogP contribution in [0, 0.1) is 20.8 Å². The molecule has 0 fully saturated rings. The van der Waals surface area contributed by atoms with Gasteiger partial charge in [-0.15, -0.1) is 0 Å². The third-order valence-electron chi connectivity index (χ3n) is 8.93. The van der Waals surface area contributed by atoms with Gasteiger partial charge >= 0.3 is 0 Å². The topological polar surface area (TPSA) is 57.7 Å². The van der Waals surface area contributed by atoms with Gasteiger partial charge in [0.1, 0.15) is 0 Å². The molecule has 0 saturated heterocycles. The van der Waals surface area contributed by atoms with E-state index in [9.17, 15) is 14.2 Å². The third-order valence-corrected chi connectivity index (χ3v) is 11.8. The van der Waals surface area contributed by atoms with Crippen LogP contribution in [-0.4, -0.2) is 37.5 Å².